The lowest BCUT2D eigenvalue weighted by Crippen LogP contribution is -2.35. The highest BCUT2D eigenvalue weighted by Crippen LogP contribution is 2.14. The molecule has 0 heterocycles. The van der Waals surface area contributed by atoms with Crippen molar-refractivity contribution in [2.45, 2.75) is 33.2 Å². The maximum absolute atomic E-state index is 12.8. The van der Waals surface area contributed by atoms with Gasteiger partial charge in [-0.3, -0.25) is 0 Å². The lowest BCUT2D eigenvalue weighted by Gasteiger charge is -2.26. The molecule has 0 saturated heterocycles. The first-order valence-corrected chi connectivity index (χ1v) is 6.80. The number of hydrogen-bond acceptors (Lipinski definition) is 2. The molecule has 2 nitrogen and oxygen atoms in total. The van der Waals surface area contributed by atoms with Gasteiger partial charge in [-0.15, -0.1) is 0 Å². The van der Waals surface area contributed by atoms with E-state index in [1.54, 1.807) is 12.1 Å². The van der Waals surface area contributed by atoms with Crippen molar-refractivity contribution in [2.24, 2.45) is 11.7 Å². The number of hydrogen-bond donors (Lipinski definition) is 1. The zero-order chi connectivity index (χ0) is 13.5. The summed E-state index contributed by atoms with van der Waals surface area (Å²) in [5.74, 6) is 0.475. The minimum atomic E-state index is -0.210. The molecular weight excluding hydrogens is 227 g/mol. The van der Waals surface area contributed by atoms with E-state index in [0.29, 0.717) is 5.92 Å². The summed E-state index contributed by atoms with van der Waals surface area (Å²) < 4.78 is 12.8. The molecule has 1 aromatic carbocycles. The van der Waals surface area contributed by atoms with Crippen molar-refractivity contribution in [3.05, 3.63) is 35.6 Å². The number of rotatable bonds is 7. The van der Waals surface area contributed by atoms with E-state index in [0.717, 1.165) is 25.2 Å². The average Bonchev–Trinajstić information content (AvgIpc) is 2.38. The zero-order valence-electron chi connectivity index (χ0n) is 11.7. The first kappa shape index (κ1) is 15.1. The van der Waals surface area contributed by atoms with E-state index in [9.17, 15) is 4.39 Å². The van der Waals surface area contributed by atoms with Gasteiger partial charge in [0.05, 0.1) is 0 Å². The molecule has 1 aromatic rings. The molecule has 0 aromatic heterocycles. The molecule has 0 saturated carbocycles. The lowest BCUT2D eigenvalue weighted by atomic mass is 10.1. The van der Waals surface area contributed by atoms with E-state index in [1.807, 2.05) is 0 Å². The maximum atomic E-state index is 12.8. The first-order chi connectivity index (χ1) is 8.56. The zero-order valence-corrected chi connectivity index (χ0v) is 11.7. The summed E-state index contributed by atoms with van der Waals surface area (Å²) in [4.78, 5) is 2.36. The maximum Gasteiger partial charge on any atom is 0.123 e. The van der Waals surface area contributed by atoms with Crippen LogP contribution in [0, 0.1) is 11.7 Å². The Morgan fingerprint density at radius 3 is 2.28 bits per heavy atom. The average molecular weight is 252 g/mol. The summed E-state index contributed by atoms with van der Waals surface area (Å²) in [7, 11) is 0. The third-order valence-corrected chi connectivity index (χ3v) is 3.47. The van der Waals surface area contributed by atoms with Crippen molar-refractivity contribution in [2.75, 3.05) is 19.6 Å². The highest BCUT2D eigenvalue weighted by molar-refractivity contribution is 5.19. The smallest absolute Gasteiger partial charge is 0.123 e. The molecule has 0 fully saturated rings. The third kappa shape index (κ3) is 4.75. The Labute approximate surface area is 110 Å². The van der Waals surface area contributed by atoms with Gasteiger partial charge in [-0.1, -0.05) is 39.3 Å². The number of halogens is 1. The highest BCUT2D eigenvalue weighted by Gasteiger charge is 2.13. The van der Waals surface area contributed by atoms with Gasteiger partial charge in [-0.2, -0.15) is 0 Å². The Balaban J connectivity index is 2.56. The number of likely N-dealkylation sites (N-methyl/N-ethyl adjacent to an activating group) is 1. The fourth-order valence-electron chi connectivity index (χ4n) is 2.00. The van der Waals surface area contributed by atoms with Gasteiger partial charge in [0.15, 0.2) is 0 Å². The number of benzene rings is 1. The topological polar surface area (TPSA) is 29.3 Å². The SMILES string of the molecule is CCC(C)CN(CC)CC(N)c1ccc(F)cc1. The molecule has 2 N–H and O–H groups in total. The van der Waals surface area contributed by atoms with E-state index < -0.39 is 0 Å². The summed E-state index contributed by atoms with van der Waals surface area (Å²) >= 11 is 0. The molecule has 0 spiro atoms. The quantitative estimate of drug-likeness (QED) is 0.807. The molecule has 0 aliphatic heterocycles. The molecule has 2 atom stereocenters. The standard InChI is InChI=1S/C15H25FN2/c1-4-12(3)10-18(5-2)11-15(17)13-6-8-14(16)9-7-13/h6-9,12,15H,4-5,10-11,17H2,1-3H3. The molecule has 0 aliphatic carbocycles. The Hall–Kier alpha value is -0.930. The number of nitrogens with zero attached hydrogens (tertiary/aromatic N) is 1. The van der Waals surface area contributed by atoms with Gasteiger partial charge >= 0.3 is 0 Å². The molecule has 18 heavy (non-hydrogen) atoms. The van der Waals surface area contributed by atoms with Gasteiger partial charge in [0.1, 0.15) is 5.82 Å². The van der Waals surface area contributed by atoms with E-state index in [-0.39, 0.29) is 11.9 Å². The minimum absolute atomic E-state index is 0.0467. The Morgan fingerprint density at radius 1 is 1.17 bits per heavy atom. The monoisotopic (exact) mass is 252 g/mol. The molecule has 0 radical (unpaired) electrons. The fourth-order valence-corrected chi connectivity index (χ4v) is 2.00. The van der Waals surface area contributed by atoms with Crippen LogP contribution in [0.15, 0.2) is 24.3 Å². The van der Waals surface area contributed by atoms with Gasteiger partial charge in [-0.05, 0) is 30.2 Å². The molecule has 3 heteroatoms. The molecule has 0 bridgehead atoms. The van der Waals surface area contributed by atoms with Crippen LogP contribution in [-0.2, 0) is 0 Å². The summed E-state index contributed by atoms with van der Waals surface area (Å²) in [6.45, 7) is 9.51. The van der Waals surface area contributed by atoms with Crippen molar-refractivity contribution in [3.63, 3.8) is 0 Å². The summed E-state index contributed by atoms with van der Waals surface area (Å²) in [5.41, 5.74) is 7.17. The van der Waals surface area contributed by atoms with Gasteiger partial charge in [0.25, 0.3) is 0 Å². The largest absolute Gasteiger partial charge is 0.323 e. The predicted molar refractivity (Wildman–Crippen MR) is 74.9 cm³/mol. The van der Waals surface area contributed by atoms with Crippen LogP contribution in [0.5, 0.6) is 0 Å². The van der Waals surface area contributed by atoms with E-state index in [4.69, 9.17) is 5.73 Å². The second kappa shape index (κ2) is 7.49. The molecule has 0 aliphatic rings. The van der Waals surface area contributed by atoms with Crippen LogP contribution >= 0.6 is 0 Å². The van der Waals surface area contributed by atoms with E-state index >= 15 is 0 Å². The normalized spacial score (nSPS) is 14.8. The van der Waals surface area contributed by atoms with Crippen LogP contribution in [0.25, 0.3) is 0 Å². The third-order valence-electron chi connectivity index (χ3n) is 3.47. The second-order valence-electron chi connectivity index (χ2n) is 5.02. The van der Waals surface area contributed by atoms with Crippen molar-refractivity contribution >= 4 is 0 Å². The van der Waals surface area contributed by atoms with Crippen molar-refractivity contribution in [1.29, 1.82) is 0 Å². The van der Waals surface area contributed by atoms with Crippen LogP contribution < -0.4 is 5.73 Å². The summed E-state index contributed by atoms with van der Waals surface area (Å²) in [6.07, 6.45) is 1.18. The predicted octanol–water partition coefficient (Wildman–Crippen LogP) is 3.19. The molecule has 0 amide bonds. The molecule has 1 rings (SSSR count). The summed E-state index contributed by atoms with van der Waals surface area (Å²) in [6, 6.07) is 6.45. The van der Waals surface area contributed by atoms with Crippen molar-refractivity contribution < 1.29 is 4.39 Å². The highest BCUT2D eigenvalue weighted by atomic mass is 19.1. The molecular formula is C15H25FN2. The van der Waals surface area contributed by atoms with Gasteiger partial charge < -0.3 is 10.6 Å². The van der Waals surface area contributed by atoms with Crippen molar-refractivity contribution in [1.82, 2.24) is 4.90 Å². The van der Waals surface area contributed by atoms with Crippen LogP contribution in [0.3, 0.4) is 0 Å². The van der Waals surface area contributed by atoms with Crippen LogP contribution in [0.1, 0.15) is 38.8 Å². The Bertz CT molecular complexity index is 337. The minimum Gasteiger partial charge on any atom is -0.323 e. The Morgan fingerprint density at radius 2 is 1.78 bits per heavy atom. The lowest BCUT2D eigenvalue weighted by molar-refractivity contribution is 0.232. The summed E-state index contributed by atoms with van der Waals surface area (Å²) in [5, 5.41) is 0. The van der Waals surface area contributed by atoms with Crippen molar-refractivity contribution in [3.8, 4) is 0 Å². The van der Waals surface area contributed by atoms with Gasteiger partial charge in [-0.25, -0.2) is 4.39 Å². The first-order valence-electron chi connectivity index (χ1n) is 6.80. The van der Waals surface area contributed by atoms with Gasteiger partial charge in [0, 0.05) is 19.1 Å². The fraction of sp³-hybridized carbons (Fsp3) is 0.600. The number of nitrogens with two attached hydrogens (primary N) is 1. The van der Waals surface area contributed by atoms with Gasteiger partial charge in [0.2, 0.25) is 0 Å². The Kier molecular flexibility index (Phi) is 6.30. The van der Waals surface area contributed by atoms with E-state index in [2.05, 4.69) is 25.7 Å². The van der Waals surface area contributed by atoms with Crippen LogP contribution in [0.2, 0.25) is 0 Å². The van der Waals surface area contributed by atoms with E-state index in [1.165, 1.54) is 18.6 Å². The second-order valence-corrected chi connectivity index (χ2v) is 5.02. The molecule has 102 valence electrons. The van der Waals surface area contributed by atoms with Crippen LogP contribution in [0.4, 0.5) is 4.39 Å². The van der Waals surface area contributed by atoms with Crippen LogP contribution in [-0.4, -0.2) is 24.5 Å². The molecule has 2 unspecified atom stereocenters.